The molecule has 0 bridgehead atoms. The Morgan fingerprint density at radius 2 is 2.11 bits per heavy atom. The van der Waals surface area contributed by atoms with E-state index >= 15 is 0 Å². The molecule has 95 valence electrons. The van der Waals surface area contributed by atoms with Crippen molar-refractivity contribution in [2.24, 2.45) is 0 Å². The van der Waals surface area contributed by atoms with E-state index in [1.165, 1.54) is 0 Å². The van der Waals surface area contributed by atoms with Crippen LogP contribution >= 0.6 is 0 Å². The minimum atomic E-state index is 0.774. The molecule has 1 radical (unpaired) electrons. The average Bonchev–Trinajstić information content (AvgIpc) is 2.94. The summed E-state index contributed by atoms with van der Waals surface area (Å²) < 4.78 is 5.19. The van der Waals surface area contributed by atoms with Crippen molar-refractivity contribution in [2.45, 2.75) is 12.8 Å². The second-order valence-corrected chi connectivity index (χ2v) is 4.20. The van der Waals surface area contributed by atoms with Gasteiger partial charge in [-0.1, -0.05) is 0 Å². The van der Waals surface area contributed by atoms with Crippen LogP contribution in [-0.4, -0.2) is 27.0 Å². The Labute approximate surface area is 110 Å². The summed E-state index contributed by atoms with van der Waals surface area (Å²) in [4.78, 5) is 15.6. The van der Waals surface area contributed by atoms with Gasteiger partial charge in [-0.15, -0.1) is 0 Å². The standard InChI is InChI=1S/C14H13N4O/c1-19-12-5-7-15-11(8-12)3-2-10-4-6-16-14-13(10)17-9-18-14/h4-8H,2-3H2,1H3,(H,16,17,18). The smallest absolute Gasteiger partial charge is 0.175 e. The topological polar surface area (TPSA) is 63.7 Å². The van der Waals surface area contributed by atoms with Gasteiger partial charge in [-0.2, -0.15) is 0 Å². The van der Waals surface area contributed by atoms with Gasteiger partial charge in [0.05, 0.1) is 7.11 Å². The minimum absolute atomic E-state index is 0.774. The second kappa shape index (κ2) is 5.06. The van der Waals surface area contributed by atoms with Crippen LogP contribution in [0, 0.1) is 6.33 Å². The van der Waals surface area contributed by atoms with Crippen LogP contribution in [0.15, 0.2) is 30.6 Å². The molecule has 0 spiro atoms. The molecule has 0 atom stereocenters. The molecule has 3 aromatic rings. The quantitative estimate of drug-likeness (QED) is 0.771. The molecule has 3 aromatic heterocycles. The highest BCUT2D eigenvalue weighted by molar-refractivity contribution is 5.73. The first-order chi connectivity index (χ1) is 9.36. The Morgan fingerprint density at radius 3 is 3.00 bits per heavy atom. The molecular formula is C14H13N4O. The number of imidazole rings is 1. The normalized spacial score (nSPS) is 10.8. The lowest BCUT2D eigenvalue weighted by Crippen LogP contribution is -1.96. The summed E-state index contributed by atoms with van der Waals surface area (Å²) in [6.45, 7) is 0. The number of fused-ring (bicyclic) bond motifs is 1. The van der Waals surface area contributed by atoms with Gasteiger partial charge in [-0.25, -0.2) is 9.97 Å². The molecule has 5 nitrogen and oxygen atoms in total. The van der Waals surface area contributed by atoms with Crippen molar-refractivity contribution in [2.75, 3.05) is 7.11 Å². The van der Waals surface area contributed by atoms with Crippen molar-refractivity contribution < 1.29 is 4.74 Å². The summed E-state index contributed by atoms with van der Waals surface area (Å²) in [6, 6.07) is 5.78. The van der Waals surface area contributed by atoms with Crippen LogP contribution in [0.1, 0.15) is 11.3 Å². The number of rotatable bonds is 4. The number of ether oxygens (including phenoxy) is 1. The fourth-order valence-electron chi connectivity index (χ4n) is 2.03. The molecular weight excluding hydrogens is 240 g/mol. The summed E-state index contributed by atoms with van der Waals surface area (Å²) in [5, 5.41) is 0. The van der Waals surface area contributed by atoms with Crippen molar-refractivity contribution in [3.63, 3.8) is 0 Å². The van der Waals surface area contributed by atoms with E-state index in [-0.39, 0.29) is 0 Å². The summed E-state index contributed by atoms with van der Waals surface area (Å²) in [5.41, 5.74) is 3.80. The molecule has 0 saturated carbocycles. The Hall–Kier alpha value is -2.43. The van der Waals surface area contributed by atoms with E-state index in [0.717, 1.165) is 41.0 Å². The van der Waals surface area contributed by atoms with Crippen molar-refractivity contribution in [1.82, 2.24) is 19.9 Å². The number of hydrogen-bond acceptors (Lipinski definition) is 4. The van der Waals surface area contributed by atoms with Crippen LogP contribution < -0.4 is 4.74 Å². The van der Waals surface area contributed by atoms with Crippen molar-refractivity contribution >= 4 is 11.2 Å². The third-order valence-corrected chi connectivity index (χ3v) is 3.02. The fraction of sp³-hybridized carbons (Fsp3) is 0.214. The molecule has 0 unspecified atom stereocenters. The van der Waals surface area contributed by atoms with Crippen molar-refractivity contribution in [1.29, 1.82) is 0 Å². The predicted molar refractivity (Wildman–Crippen MR) is 70.9 cm³/mol. The SMILES string of the molecule is COc1ccnc(CCc2ccnc3[nH][c]nc23)c1. The fourth-order valence-corrected chi connectivity index (χ4v) is 2.03. The molecule has 0 fully saturated rings. The first kappa shape index (κ1) is 11.6. The van der Waals surface area contributed by atoms with E-state index in [2.05, 4.69) is 26.3 Å². The molecule has 3 heterocycles. The molecule has 0 amide bonds. The van der Waals surface area contributed by atoms with Gasteiger partial charge in [0.1, 0.15) is 11.3 Å². The van der Waals surface area contributed by atoms with E-state index in [0.29, 0.717) is 0 Å². The van der Waals surface area contributed by atoms with Crippen LogP contribution in [-0.2, 0) is 12.8 Å². The number of aromatic nitrogens is 4. The average molecular weight is 253 g/mol. The molecule has 0 aliphatic heterocycles. The van der Waals surface area contributed by atoms with Crippen LogP contribution in [0.25, 0.3) is 11.2 Å². The first-order valence-electron chi connectivity index (χ1n) is 6.05. The van der Waals surface area contributed by atoms with Gasteiger partial charge in [-0.05, 0) is 30.5 Å². The third kappa shape index (κ3) is 2.40. The zero-order valence-corrected chi connectivity index (χ0v) is 10.6. The highest BCUT2D eigenvalue weighted by Gasteiger charge is 2.05. The van der Waals surface area contributed by atoms with Crippen LogP contribution in [0.3, 0.4) is 0 Å². The van der Waals surface area contributed by atoms with Gasteiger partial charge in [0, 0.05) is 24.2 Å². The monoisotopic (exact) mass is 253 g/mol. The summed E-state index contributed by atoms with van der Waals surface area (Å²) in [5.74, 6) is 0.831. The molecule has 0 aromatic carbocycles. The molecule has 5 heteroatoms. The van der Waals surface area contributed by atoms with Gasteiger partial charge in [0.25, 0.3) is 0 Å². The number of methoxy groups -OCH3 is 1. The van der Waals surface area contributed by atoms with E-state index in [4.69, 9.17) is 4.74 Å². The number of aryl methyl sites for hydroxylation is 2. The third-order valence-electron chi connectivity index (χ3n) is 3.02. The Bertz CT molecular complexity index is 692. The largest absolute Gasteiger partial charge is 0.497 e. The van der Waals surface area contributed by atoms with Crippen molar-refractivity contribution in [3.8, 4) is 5.75 Å². The molecule has 3 rings (SSSR count). The van der Waals surface area contributed by atoms with Crippen LogP contribution in [0.2, 0.25) is 0 Å². The van der Waals surface area contributed by atoms with E-state index in [1.54, 1.807) is 19.5 Å². The number of nitrogens with one attached hydrogen (secondary N) is 1. The number of pyridine rings is 2. The maximum absolute atomic E-state index is 5.19. The molecule has 0 aliphatic carbocycles. The van der Waals surface area contributed by atoms with Crippen LogP contribution in [0.4, 0.5) is 0 Å². The van der Waals surface area contributed by atoms with E-state index < -0.39 is 0 Å². The second-order valence-electron chi connectivity index (χ2n) is 4.20. The number of H-pyrrole nitrogens is 1. The predicted octanol–water partition coefficient (Wildman–Crippen LogP) is 1.95. The number of aromatic amines is 1. The van der Waals surface area contributed by atoms with Gasteiger partial charge in [-0.3, -0.25) is 4.98 Å². The summed E-state index contributed by atoms with van der Waals surface area (Å²) in [7, 11) is 1.66. The lowest BCUT2D eigenvalue weighted by Gasteiger charge is -2.04. The van der Waals surface area contributed by atoms with Gasteiger partial charge >= 0.3 is 0 Å². The zero-order valence-electron chi connectivity index (χ0n) is 10.6. The maximum Gasteiger partial charge on any atom is 0.175 e. The maximum atomic E-state index is 5.19. The molecule has 1 N–H and O–H groups in total. The number of hydrogen-bond donors (Lipinski definition) is 1. The lowest BCUT2D eigenvalue weighted by atomic mass is 10.1. The van der Waals surface area contributed by atoms with Crippen molar-refractivity contribution in [3.05, 3.63) is 48.2 Å². The van der Waals surface area contributed by atoms with Gasteiger partial charge in [0.15, 0.2) is 12.0 Å². The van der Waals surface area contributed by atoms with E-state index in [9.17, 15) is 0 Å². The first-order valence-corrected chi connectivity index (χ1v) is 6.05. The minimum Gasteiger partial charge on any atom is -0.497 e. The van der Waals surface area contributed by atoms with Gasteiger partial charge in [0.2, 0.25) is 0 Å². The van der Waals surface area contributed by atoms with E-state index in [1.807, 2.05) is 18.2 Å². The Kier molecular flexibility index (Phi) is 3.10. The molecule has 0 aliphatic rings. The lowest BCUT2D eigenvalue weighted by molar-refractivity contribution is 0.413. The Balaban J connectivity index is 1.80. The number of nitrogens with zero attached hydrogens (tertiary/aromatic N) is 3. The molecule has 19 heavy (non-hydrogen) atoms. The zero-order chi connectivity index (χ0) is 13.1. The highest BCUT2D eigenvalue weighted by Crippen LogP contribution is 2.16. The Morgan fingerprint density at radius 1 is 1.21 bits per heavy atom. The summed E-state index contributed by atoms with van der Waals surface area (Å²) >= 11 is 0. The highest BCUT2D eigenvalue weighted by atomic mass is 16.5. The van der Waals surface area contributed by atoms with Crippen LogP contribution in [0.5, 0.6) is 5.75 Å². The van der Waals surface area contributed by atoms with Gasteiger partial charge < -0.3 is 9.72 Å². The summed E-state index contributed by atoms with van der Waals surface area (Å²) in [6.07, 6.45) is 7.96. The molecule has 0 saturated heterocycles.